The van der Waals surface area contributed by atoms with Crippen molar-refractivity contribution >= 4 is 5.82 Å². The molecule has 5 heteroatoms. The Morgan fingerprint density at radius 2 is 2.06 bits per heavy atom. The molecule has 5 nitrogen and oxygen atoms in total. The van der Waals surface area contributed by atoms with Crippen molar-refractivity contribution in [2.45, 2.75) is 26.7 Å². The van der Waals surface area contributed by atoms with Gasteiger partial charge in [-0.05, 0) is 13.3 Å². The second-order valence-corrected chi connectivity index (χ2v) is 4.05. The lowest BCUT2D eigenvalue weighted by atomic mass is 10.1. The van der Waals surface area contributed by atoms with Gasteiger partial charge in [0.15, 0.2) is 0 Å². The average Bonchev–Trinajstić information content (AvgIpc) is 2.42. The third-order valence-corrected chi connectivity index (χ3v) is 2.71. The predicted octanol–water partition coefficient (Wildman–Crippen LogP) is 2.24. The van der Waals surface area contributed by atoms with Gasteiger partial charge in [-0.1, -0.05) is 6.92 Å². The quantitative estimate of drug-likeness (QED) is 0.892. The number of aryl methyl sites for hydroxylation is 1. The summed E-state index contributed by atoms with van der Waals surface area (Å²) in [6.07, 6.45) is 6.94. The minimum atomic E-state index is 0.784. The Labute approximate surface area is 107 Å². The third-order valence-electron chi connectivity index (χ3n) is 2.71. The molecule has 0 saturated carbocycles. The van der Waals surface area contributed by atoms with Gasteiger partial charge in [0.1, 0.15) is 17.3 Å². The number of hydrogen-bond acceptors (Lipinski definition) is 5. The van der Waals surface area contributed by atoms with E-state index >= 15 is 0 Å². The molecule has 0 bridgehead atoms. The smallest absolute Gasteiger partial charge is 0.133 e. The van der Waals surface area contributed by atoms with Crippen molar-refractivity contribution in [3.8, 4) is 11.4 Å². The fourth-order valence-electron chi connectivity index (χ4n) is 1.81. The topological polar surface area (TPSA) is 63.6 Å². The molecule has 2 heterocycles. The molecule has 2 rings (SSSR count). The van der Waals surface area contributed by atoms with Crippen LogP contribution in [0.25, 0.3) is 11.4 Å². The summed E-state index contributed by atoms with van der Waals surface area (Å²) in [5, 5.41) is 3.10. The summed E-state index contributed by atoms with van der Waals surface area (Å²) < 4.78 is 0. The monoisotopic (exact) mass is 243 g/mol. The van der Waals surface area contributed by atoms with Gasteiger partial charge in [0.2, 0.25) is 0 Å². The van der Waals surface area contributed by atoms with Crippen LogP contribution in [0.3, 0.4) is 0 Å². The highest BCUT2D eigenvalue weighted by Crippen LogP contribution is 2.23. The first-order valence-electron chi connectivity index (χ1n) is 6.08. The van der Waals surface area contributed by atoms with Crippen molar-refractivity contribution in [1.29, 1.82) is 0 Å². The molecular weight excluding hydrogens is 226 g/mol. The van der Waals surface area contributed by atoms with E-state index in [0.717, 1.165) is 41.4 Å². The molecule has 2 aromatic heterocycles. The first-order chi connectivity index (χ1) is 8.76. The maximum atomic E-state index is 4.59. The number of anilines is 1. The Balaban J connectivity index is 2.55. The van der Waals surface area contributed by atoms with E-state index in [-0.39, 0.29) is 0 Å². The van der Waals surface area contributed by atoms with Crippen LogP contribution in [0.2, 0.25) is 0 Å². The fourth-order valence-corrected chi connectivity index (χ4v) is 1.81. The maximum Gasteiger partial charge on any atom is 0.133 e. The first kappa shape index (κ1) is 12.4. The van der Waals surface area contributed by atoms with Crippen LogP contribution in [0.5, 0.6) is 0 Å². The van der Waals surface area contributed by atoms with Crippen molar-refractivity contribution in [2.75, 3.05) is 12.4 Å². The van der Waals surface area contributed by atoms with Crippen molar-refractivity contribution in [3.63, 3.8) is 0 Å². The van der Waals surface area contributed by atoms with Gasteiger partial charge in [-0.25, -0.2) is 9.97 Å². The van der Waals surface area contributed by atoms with Gasteiger partial charge < -0.3 is 5.32 Å². The first-order valence-corrected chi connectivity index (χ1v) is 6.08. The molecule has 0 aliphatic carbocycles. The highest BCUT2D eigenvalue weighted by atomic mass is 15.0. The second kappa shape index (κ2) is 5.53. The highest BCUT2D eigenvalue weighted by molar-refractivity contribution is 5.64. The summed E-state index contributed by atoms with van der Waals surface area (Å²) in [6, 6.07) is 0. The van der Waals surface area contributed by atoms with Crippen LogP contribution in [-0.4, -0.2) is 27.0 Å². The van der Waals surface area contributed by atoms with Gasteiger partial charge in [0.25, 0.3) is 0 Å². The van der Waals surface area contributed by atoms with Crippen molar-refractivity contribution in [2.24, 2.45) is 0 Å². The molecular formula is C13H17N5. The normalized spacial score (nSPS) is 10.4. The maximum absolute atomic E-state index is 4.59. The Morgan fingerprint density at radius 3 is 2.67 bits per heavy atom. The summed E-state index contributed by atoms with van der Waals surface area (Å²) in [7, 11) is 1.87. The van der Waals surface area contributed by atoms with Crippen LogP contribution in [0, 0.1) is 6.92 Å². The summed E-state index contributed by atoms with van der Waals surface area (Å²) in [4.78, 5) is 17.5. The molecule has 0 saturated heterocycles. The molecule has 0 fully saturated rings. The van der Waals surface area contributed by atoms with E-state index in [4.69, 9.17) is 0 Å². The number of nitrogens with one attached hydrogen (secondary N) is 1. The van der Waals surface area contributed by atoms with E-state index in [0.29, 0.717) is 0 Å². The number of nitrogens with zero attached hydrogens (tertiary/aromatic N) is 4. The largest absolute Gasteiger partial charge is 0.373 e. The molecule has 0 unspecified atom stereocenters. The molecule has 0 amide bonds. The Morgan fingerprint density at radius 1 is 1.22 bits per heavy atom. The molecule has 0 radical (unpaired) electrons. The van der Waals surface area contributed by atoms with Gasteiger partial charge in [-0.15, -0.1) is 0 Å². The van der Waals surface area contributed by atoms with Crippen molar-refractivity contribution in [3.05, 3.63) is 30.0 Å². The predicted molar refractivity (Wildman–Crippen MR) is 71.3 cm³/mol. The molecule has 0 aliphatic heterocycles. The van der Waals surface area contributed by atoms with E-state index in [1.807, 2.05) is 14.0 Å². The number of aromatic nitrogens is 4. The Hall–Kier alpha value is -2.04. The van der Waals surface area contributed by atoms with Crippen LogP contribution in [0.4, 0.5) is 5.82 Å². The molecule has 94 valence electrons. The average molecular weight is 243 g/mol. The van der Waals surface area contributed by atoms with E-state index in [2.05, 4.69) is 32.2 Å². The molecule has 0 aromatic carbocycles. The number of hydrogen-bond donors (Lipinski definition) is 1. The fraction of sp³-hybridized carbons (Fsp3) is 0.385. The highest BCUT2D eigenvalue weighted by Gasteiger charge is 2.12. The van der Waals surface area contributed by atoms with Crippen LogP contribution >= 0.6 is 0 Å². The Kier molecular flexibility index (Phi) is 3.82. The van der Waals surface area contributed by atoms with Crippen LogP contribution in [-0.2, 0) is 6.42 Å². The van der Waals surface area contributed by atoms with Gasteiger partial charge in [0.05, 0.1) is 11.9 Å². The number of rotatable bonds is 4. The van der Waals surface area contributed by atoms with E-state index in [1.165, 1.54) is 0 Å². The van der Waals surface area contributed by atoms with Gasteiger partial charge >= 0.3 is 0 Å². The zero-order chi connectivity index (χ0) is 13.0. The minimum absolute atomic E-state index is 0.784. The summed E-state index contributed by atoms with van der Waals surface area (Å²) in [5.74, 6) is 1.70. The zero-order valence-corrected chi connectivity index (χ0v) is 10.9. The standard InChI is InChI=1S/C13H17N5/c1-4-5-11-17-12(9(2)13(14-3)18-11)10-8-15-6-7-16-10/h6-8H,4-5H2,1-3H3,(H,14,17,18). The lowest BCUT2D eigenvalue weighted by molar-refractivity contribution is 0.833. The second-order valence-electron chi connectivity index (χ2n) is 4.05. The van der Waals surface area contributed by atoms with Gasteiger partial charge in [-0.3, -0.25) is 9.97 Å². The zero-order valence-electron chi connectivity index (χ0n) is 10.9. The van der Waals surface area contributed by atoms with E-state index in [9.17, 15) is 0 Å². The Bertz CT molecular complexity index is 524. The molecule has 0 spiro atoms. The lowest BCUT2D eigenvalue weighted by Crippen LogP contribution is -2.06. The van der Waals surface area contributed by atoms with Gasteiger partial charge in [-0.2, -0.15) is 0 Å². The molecule has 18 heavy (non-hydrogen) atoms. The molecule has 2 aromatic rings. The van der Waals surface area contributed by atoms with Crippen molar-refractivity contribution in [1.82, 2.24) is 19.9 Å². The summed E-state index contributed by atoms with van der Waals surface area (Å²) >= 11 is 0. The van der Waals surface area contributed by atoms with E-state index in [1.54, 1.807) is 18.6 Å². The summed E-state index contributed by atoms with van der Waals surface area (Å²) in [6.45, 7) is 4.11. The molecule has 0 atom stereocenters. The lowest BCUT2D eigenvalue weighted by Gasteiger charge is -2.11. The van der Waals surface area contributed by atoms with Crippen LogP contribution in [0.1, 0.15) is 24.7 Å². The van der Waals surface area contributed by atoms with E-state index < -0.39 is 0 Å². The SMILES string of the molecule is CCCc1nc(NC)c(C)c(-c2cnccn2)n1. The summed E-state index contributed by atoms with van der Waals surface area (Å²) in [5.41, 5.74) is 2.63. The van der Waals surface area contributed by atoms with Gasteiger partial charge in [0, 0.05) is 31.4 Å². The third kappa shape index (κ3) is 2.45. The molecule has 0 aliphatic rings. The molecule has 1 N–H and O–H groups in total. The van der Waals surface area contributed by atoms with Crippen LogP contribution < -0.4 is 5.32 Å². The van der Waals surface area contributed by atoms with Crippen molar-refractivity contribution < 1.29 is 0 Å². The van der Waals surface area contributed by atoms with Crippen LogP contribution in [0.15, 0.2) is 18.6 Å². The minimum Gasteiger partial charge on any atom is -0.373 e.